The van der Waals surface area contributed by atoms with Crippen molar-refractivity contribution in [3.8, 4) is 0 Å². The lowest BCUT2D eigenvalue weighted by Gasteiger charge is -2.10. The second-order valence-electron chi connectivity index (χ2n) is 3.46. The maximum Gasteiger partial charge on any atom is 0.310 e. The molecular formula is C11H13F3N2O2. The highest BCUT2D eigenvalue weighted by Crippen LogP contribution is 2.22. The van der Waals surface area contributed by atoms with Crippen LogP contribution in [0.3, 0.4) is 0 Å². The molecule has 0 aliphatic heterocycles. The van der Waals surface area contributed by atoms with Crippen LogP contribution >= 0.6 is 0 Å². The van der Waals surface area contributed by atoms with Gasteiger partial charge in [-0.1, -0.05) is 0 Å². The summed E-state index contributed by atoms with van der Waals surface area (Å²) in [6.45, 7) is 1.60. The van der Waals surface area contributed by atoms with E-state index in [1.54, 1.807) is 6.92 Å². The van der Waals surface area contributed by atoms with Gasteiger partial charge in [0.1, 0.15) is 5.69 Å². The van der Waals surface area contributed by atoms with Gasteiger partial charge in [0.05, 0.1) is 13.0 Å². The number of rotatable bonds is 5. The molecule has 0 saturated carbocycles. The molecule has 0 aliphatic carbocycles. The number of hydrogen-bond acceptors (Lipinski definition) is 4. The number of halogens is 3. The van der Waals surface area contributed by atoms with E-state index in [9.17, 15) is 18.0 Å². The molecule has 0 aromatic carbocycles. The first-order chi connectivity index (χ1) is 8.49. The Balaban J connectivity index is 3.07. The largest absolute Gasteiger partial charge is 0.466 e. The van der Waals surface area contributed by atoms with Crippen molar-refractivity contribution in [1.82, 2.24) is 4.98 Å². The summed E-state index contributed by atoms with van der Waals surface area (Å²) in [5.41, 5.74) is 4.69. The van der Waals surface area contributed by atoms with Gasteiger partial charge in [0.2, 0.25) is 5.95 Å². The fourth-order valence-electron chi connectivity index (χ4n) is 1.45. The fourth-order valence-corrected chi connectivity index (χ4v) is 1.45. The molecule has 0 bridgehead atoms. The van der Waals surface area contributed by atoms with Crippen LogP contribution in [0.25, 0.3) is 0 Å². The van der Waals surface area contributed by atoms with Crippen molar-refractivity contribution in [3.05, 3.63) is 28.8 Å². The van der Waals surface area contributed by atoms with E-state index in [-0.39, 0.29) is 30.7 Å². The van der Waals surface area contributed by atoms with Gasteiger partial charge in [0, 0.05) is 12.1 Å². The first-order valence-corrected chi connectivity index (χ1v) is 5.31. The van der Waals surface area contributed by atoms with Crippen molar-refractivity contribution in [3.63, 3.8) is 0 Å². The predicted octanol–water partition coefficient (Wildman–Crippen LogP) is 1.72. The summed E-state index contributed by atoms with van der Waals surface area (Å²) in [5.74, 6) is -1.76. The van der Waals surface area contributed by atoms with Crippen LogP contribution in [0.1, 0.15) is 30.2 Å². The Morgan fingerprint density at radius 3 is 2.72 bits per heavy atom. The second kappa shape index (κ2) is 6.34. The number of nitrogens with zero attached hydrogens (tertiary/aromatic N) is 1. The Labute approximate surface area is 102 Å². The molecule has 7 heteroatoms. The summed E-state index contributed by atoms with van der Waals surface area (Å²) < 4.78 is 43.0. The summed E-state index contributed by atoms with van der Waals surface area (Å²) in [6, 6.07) is 1.00. The molecule has 1 aromatic heterocycles. The van der Waals surface area contributed by atoms with Crippen LogP contribution in [0.4, 0.5) is 13.2 Å². The summed E-state index contributed by atoms with van der Waals surface area (Å²) in [5, 5.41) is 0. The summed E-state index contributed by atoms with van der Waals surface area (Å²) in [6.07, 6.45) is -3.26. The van der Waals surface area contributed by atoms with Gasteiger partial charge in [-0.25, -0.2) is 13.8 Å². The standard InChI is InChI=1S/C11H13F3N2O2/c1-2-18-9(17)4-7-6(5-15)3-8(10(12)13)16-11(7)14/h3,10H,2,4-5,15H2,1H3. The maximum absolute atomic E-state index is 13.6. The molecule has 0 spiro atoms. The number of hydrogen-bond donors (Lipinski definition) is 1. The van der Waals surface area contributed by atoms with Gasteiger partial charge in [-0.15, -0.1) is 0 Å². The highest BCUT2D eigenvalue weighted by atomic mass is 19.3. The molecule has 1 rings (SSSR count). The zero-order valence-electron chi connectivity index (χ0n) is 9.75. The number of carbonyl (C=O) groups excluding carboxylic acids is 1. The highest BCUT2D eigenvalue weighted by molar-refractivity contribution is 5.73. The first kappa shape index (κ1) is 14.4. The van der Waals surface area contributed by atoms with Crippen molar-refractivity contribution in [2.75, 3.05) is 6.61 Å². The van der Waals surface area contributed by atoms with Gasteiger partial charge in [0.15, 0.2) is 0 Å². The lowest BCUT2D eigenvalue weighted by Crippen LogP contribution is -2.14. The number of carbonyl (C=O) groups is 1. The van der Waals surface area contributed by atoms with Crippen LogP contribution in [0.5, 0.6) is 0 Å². The lowest BCUT2D eigenvalue weighted by molar-refractivity contribution is -0.142. The molecule has 0 atom stereocenters. The molecule has 0 saturated heterocycles. The van der Waals surface area contributed by atoms with Crippen LogP contribution in [0, 0.1) is 5.95 Å². The van der Waals surface area contributed by atoms with Crippen LogP contribution in [0.2, 0.25) is 0 Å². The zero-order valence-corrected chi connectivity index (χ0v) is 9.75. The van der Waals surface area contributed by atoms with Gasteiger partial charge in [0.25, 0.3) is 6.43 Å². The number of esters is 1. The first-order valence-electron chi connectivity index (χ1n) is 5.31. The predicted molar refractivity (Wildman–Crippen MR) is 57.4 cm³/mol. The molecule has 0 radical (unpaired) electrons. The van der Waals surface area contributed by atoms with E-state index in [0.29, 0.717) is 0 Å². The average molecular weight is 262 g/mol. The topological polar surface area (TPSA) is 65.2 Å². The molecule has 4 nitrogen and oxygen atoms in total. The minimum Gasteiger partial charge on any atom is -0.466 e. The molecule has 18 heavy (non-hydrogen) atoms. The molecule has 2 N–H and O–H groups in total. The zero-order chi connectivity index (χ0) is 13.7. The van der Waals surface area contributed by atoms with Gasteiger partial charge >= 0.3 is 5.97 Å². The van der Waals surface area contributed by atoms with Crippen molar-refractivity contribution >= 4 is 5.97 Å². The van der Waals surface area contributed by atoms with E-state index < -0.39 is 24.0 Å². The second-order valence-corrected chi connectivity index (χ2v) is 3.46. The minimum atomic E-state index is -2.89. The number of ether oxygens (including phenoxy) is 1. The van der Waals surface area contributed by atoms with E-state index >= 15 is 0 Å². The smallest absolute Gasteiger partial charge is 0.310 e. The molecule has 0 fully saturated rings. The Hall–Kier alpha value is -1.63. The summed E-state index contributed by atoms with van der Waals surface area (Å²) >= 11 is 0. The quantitative estimate of drug-likeness (QED) is 0.648. The van der Waals surface area contributed by atoms with Crippen molar-refractivity contribution < 1.29 is 22.7 Å². The molecule has 0 unspecified atom stereocenters. The van der Waals surface area contributed by atoms with E-state index in [1.165, 1.54) is 0 Å². The molecule has 100 valence electrons. The van der Waals surface area contributed by atoms with E-state index in [1.807, 2.05) is 0 Å². The van der Waals surface area contributed by atoms with Crippen LogP contribution in [-0.2, 0) is 22.5 Å². The van der Waals surface area contributed by atoms with Gasteiger partial charge in [-0.3, -0.25) is 4.79 Å². The minimum absolute atomic E-state index is 0.0969. The molecular weight excluding hydrogens is 249 g/mol. The van der Waals surface area contributed by atoms with Gasteiger partial charge in [-0.05, 0) is 18.6 Å². The van der Waals surface area contributed by atoms with Crippen molar-refractivity contribution in [2.45, 2.75) is 26.3 Å². The van der Waals surface area contributed by atoms with Gasteiger partial charge in [-0.2, -0.15) is 4.39 Å². The normalized spacial score (nSPS) is 10.8. The Kier molecular flexibility index (Phi) is 5.08. The number of aromatic nitrogens is 1. The maximum atomic E-state index is 13.6. The third-order valence-electron chi connectivity index (χ3n) is 2.26. The van der Waals surface area contributed by atoms with Crippen LogP contribution in [0.15, 0.2) is 6.07 Å². The molecule has 1 heterocycles. The third kappa shape index (κ3) is 3.43. The summed E-state index contributed by atoms with van der Waals surface area (Å²) in [7, 11) is 0. The Morgan fingerprint density at radius 2 is 2.22 bits per heavy atom. The number of nitrogens with two attached hydrogens (primary N) is 1. The molecule has 1 aromatic rings. The molecule has 0 aliphatic rings. The lowest BCUT2D eigenvalue weighted by atomic mass is 10.1. The summed E-state index contributed by atoms with van der Waals surface area (Å²) in [4.78, 5) is 14.4. The van der Waals surface area contributed by atoms with Crippen molar-refractivity contribution in [2.24, 2.45) is 5.73 Å². The Bertz CT molecular complexity index is 439. The van der Waals surface area contributed by atoms with E-state index in [0.717, 1.165) is 6.07 Å². The average Bonchev–Trinajstić information content (AvgIpc) is 2.31. The van der Waals surface area contributed by atoms with Gasteiger partial charge < -0.3 is 10.5 Å². The fraction of sp³-hybridized carbons (Fsp3) is 0.455. The number of pyridine rings is 1. The Morgan fingerprint density at radius 1 is 1.56 bits per heavy atom. The SMILES string of the molecule is CCOC(=O)Cc1c(CN)cc(C(F)F)nc1F. The van der Waals surface area contributed by atoms with Crippen LogP contribution in [-0.4, -0.2) is 17.6 Å². The highest BCUT2D eigenvalue weighted by Gasteiger charge is 2.19. The number of alkyl halides is 2. The van der Waals surface area contributed by atoms with Crippen LogP contribution < -0.4 is 5.73 Å². The van der Waals surface area contributed by atoms with E-state index in [2.05, 4.69) is 9.72 Å². The van der Waals surface area contributed by atoms with Crippen molar-refractivity contribution in [1.29, 1.82) is 0 Å². The monoisotopic (exact) mass is 262 g/mol. The third-order valence-corrected chi connectivity index (χ3v) is 2.26. The molecule has 0 amide bonds. The van der Waals surface area contributed by atoms with E-state index in [4.69, 9.17) is 5.73 Å².